The van der Waals surface area contributed by atoms with Gasteiger partial charge in [-0.2, -0.15) is 0 Å². The molecule has 0 aliphatic carbocycles. The lowest BCUT2D eigenvalue weighted by molar-refractivity contribution is -0.138. The van der Waals surface area contributed by atoms with Gasteiger partial charge in [0, 0.05) is 30.2 Å². The Kier molecular flexibility index (Phi) is 6.85. The summed E-state index contributed by atoms with van der Waals surface area (Å²) in [6.45, 7) is 7.20. The van der Waals surface area contributed by atoms with Crippen LogP contribution in [-0.4, -0.2) is 59.6 Å². The van der Waals surface area contributed by atoms with Crippen LogP contribution >= 0.6 is 11.6 Å². The van der Waals surface area contributed by atoms with Gasteiger partial charge in [0.1, 0.15) is 5.75 Å². The molecule has 0 aromatic heterocycles. The molecule has 1 aliphatic rings. The maximum absolute atomic E-state index is 13.4. The summed E-state index contributed by atoms with van der Waals surface area (Å²) in [7, 11) is 1.51. The molecule has 1 unspecified atom stereocenters. The lowest BCUT2D eigenvalue weighted by Gasteiger charge is -2.34. The van der Waals surface area contributed by atoms with Gasteiger partial charge in [-0.1, -0.05) is 24.3 Å². The van der Waals surface area contributed by atoms with Gasteiger partial charge >= 0.3 is 6.09 Å². The molecule has 8 heteroatoms. The third-order valence-corrected chi connectivity index (χ3v) is 4.84. The number of nitrogens with zero attached hydrogens (tertiary/aromatic N) is 2. The first kappa shape index (κ1) is 21.5. The number of benzene rings is 1. The average Bonchev–Trinajstić information content (AvgIpc) is 2.79. The van der Waals surface area contributed by atoms with E-state index in [1.807, 2.05) is 0 Å². The Labute approximate surface area is 168 Å². The molecule has 28 heavy (non-hydrogen) atoms. The second-order valence-corrected chi connectivity index (χ2v) is 7.20. The van der Waals surface area contributed by atoms with Gasteiger partial charge in [-0.05, 0) is 37.1 Å². The number of carbonyl (C=O) groups is 3. The number of hydrogen-bond acceptors (Lipinski definition) is 4. The van der Waals surface area contributed by atoms with E-state index >= 15 is 0 Å². The third kappa shape index (κ3) is 4.54. The molecule has 1 aromatic carbocycles. The van der Waals surface area contributed by atoms with Crippen molar-refractivity contribution in [1.82, 2.24) is 9.80 Å². The van der Waals surface area contributed by atoms with Gasteiger partial charge in [0.25, 0.3) is 5.91 Å². The van der Waals surface area contributed by atoms with E-state index in [2.05, 4.69) is 13.2 Å². The molecule has 3 amide bonds. The lowest BCUT2D eigenvalue weighted by atomic mass is 9.79. The van der Waals surface area contributed by atoms with Crippen LogP contribution in [0.25, 0.3) is 0 Å². The van der Waals surface area contributed by atoms with Crippen LogP contribution in [0.3, 0.4) is 0 Å². The Morgan fingerprint density at radius 3 is 2.46 bits per heavy atom. The van der Waals surface area contributed by atoms with Crippen molar-refractivity contribution in [3.05, 3.63) is 54.1 Å². The smallest absolute Gasteiger partial charge is 0.407 e. The summed E-state index contributed by atoms with van der Waals surface area (Å²) in [6.07, 6.45) is 0.558. The predicted octanol–water partition coefficient (Wildman–Crippen LogP) is 3.36. The van der Waals surface area contributed by atoms with Crippen molar-refractivity contribution >= 4 is 29.5 Å². The zero-order chi connectivity index (χ0) is 20.9. The number of methoxy groups -OCH3 is 1. The summed E-state index contributed by atoms with van der Waals surface area (Å²) in [5.74, 6) is -0.414. The van der Waals surface area contributed by atoms with Gasteiger partial charge in [-0.25, -0.2) is 4.79 Å². The zero-order valence-electron chi connectivity index (χ0n) is 15.7. The van der Waals surface area contributed by atoms with E-state index in [0.29, 0.717) is 11.3 Å². The van der Waals surface area contributed by atoms with Crippen LogP contribution in [0.15, 0.2) is 48.5 Å². The summed E-state index contributed by atoms with van der Waals surface area (Å²) in [6, 6.07) is 6.36. The molecule has 2 rings (SSSR count). The Hall–Kier alpha value is -2.80. The molecule has 1 atom stereocenters. The number of hydrogen-bond donors (Lipinski definition) is 1. The van der Waals surface area contributed by atoms with Gasteiger partial charge in [-0.15, -0.1) is 6.58 Å². The molecule has 0 bridgehead atoms. The third-order valence-electron chi connectivity index (χ3n) is 4.70. The van der Waals surface area contributed by atoms with Crippen LogP contribution in [0.5, 0.6) is 5.75 Å². The number of halogens is 1. The molecule has 1 N–H and O–H groups in total. The van der Waals surface area contributed by atoms with E-state index < -0.39 is 23.3 Å². The summed E-state index contributed by atoms with van der Waals surface area (Å²) in [5.41, 5.74) is -0.937. The molecule has 1 fully saturated rings. The highest BCUT2D eigenvalue weighted by Gasteiger charge is 2.47. The fourth-order valence-corrected chi connectivity index (χ4v) is 3.62. The molecule has 1 saturated heterocycles. The number of carbonyl (C=O) groups excluding carboxylic acids is 2. The number of ether oxygens (including phenoxy) is 1. The summed E-state index contributed by atoms with van der Waals surface area (Å²) >= 11 is 6.00. The second kappa shape index (κ2) is 8.93. The normalized spacial score (nSPS) is 19.7. The number of amides is 3. The quantitative estimate of drug-likeness (QED) is 0.578. The molecular weight excluding hydrogens is 384 g/mol. The van der Waals surface area contributed by atoms with Crippen molar-refractivity contribution in [1.29, 1.82) is 0 Å². The minimum Gasteiger partial charge on any atom is -0.497 e. The first-order valence-corrected chi connectivity index (χ1v) is 9.04. The maximum atomic E-state index is 13.4. The second-order valence-electron chi connectivity index (χ2n) is 6.66. The Balaban J connectivity index is 2.46. The number of allylic oxidation sites excluding steroid dienone is 2. The largest absolute Gasteiger partial charge is 0.497 e. The SMILES string of the molecule is C=CCC1(CC(=C)Cl)CN(C(=O)O)CCN(C(=O)c2ccc(OC)cc2)C1=O. The van der Waals surface area contributed by atoms with Crippen LogP contribution in [0.1, 0.15) is 23.2 Å². The molecule has 0 spiro atoms. The number of carboxylic acid groups (broad SMARTS) is 1. The van der Waals surface area contributed by atoms with Crippen molar-refractivity contribution in [2.75, 3.05) is 26.7 Å². The summed E-state index contributed by atoms with van der Waals surface area (Å²) in [5, 5.41) is 9.71. The molecule has 7 nitrogen and oxygen atoms in total. The van der Waals surface area contributed by atoms with Gasteiger partial charge < -0.3 is 14.7 Å². The standard InChI is InChI=1S/C20H23ClN2O5/c1-4-9-20(12-14(2)21)13-22(19(26)27)10-11-23(18(20)25)17(24)15-5-7-16(28-3)8-6-15/h4-8H,1-2,9-13H2,3H3,(H,26,27). The molecule has 0 radical (unpaired) electrons. The topological polar surface area (TPSA) is 87.2 Å². The van der Waals surface area contributed by atoms with E-state index in [0.717, 1.165) is 9.80 Å². The van der Waals surface area contributed by atoms with E-state index in [4.69, 9.17) is 16.3 Å². The first-order chi connectivity index (χ1) is 13.2. The van der Waals surface area contributed by atoms with Crippen molar-refractivity contribution in [3.63, 3.8) is 0 Å². The zero-order valence-corrected chi connectivity index (χ0v) is 16.4. The average molecular weight is 407 g/mol. The summed E-state index contributed by atoms with van der Waals surface area (Å²) < 4.78 is 5.09. The monoisotopic (exact) mass is 406 g/mol. The van der Waals surface area contributed by atoms with Crippen molar-refractivity contribution in [3.8, 4) is 5.75 Å². The van der Waals surface area contributed by atoms with Crippen LogP contribution < -0.4 is 4.74 Å². The Morgan fingerprint density at radius 2 is 1.96 bits per heavy atom. The highest BCUT2D eigenvalue weighted by molar-refractivity contribution is 6.29. The number of imide groups is 1. The van der Waals surface area contributed by atoms with Crippen molar-refractivity contribution in [2.45, 2.75) is 12.8 Å². The van der Waals surface area contributed by atoms with Gasteiger partial charge in [0.2, 0.25) is 5.91 Å². The van der Waals surface area contributed by atoms with Crippen molar-refractivity contribution < 1.29 is 24.2 Å². The van der Waals surface area contributed by atoms with Gasteiger partial charge in [-0.3, -0.25) is 14.5 Å². The fraction of sp³-hybridized carbons (Fsp3) is 0.350. The van der Waals surface area contributed by atoms with Crippen LogP contribution in [0.4, 0.5) is 4.79 Å². The number of rotatable bonds is 6. The van der Waals surface area contributed by atoms with E-state index in [1.54, 1.807) is 24.3 Å². The van der Waals surface area contributed by atoms with Gasteiger partial charge in [0.15, 0.2) is 0 Å². The van der Waals surface area contributed by atoms with Gasteiger partial charge in [0.05, 0.1) is 12.5 Å². The van der Waals surface area contributed by atoms with E-state index in [9.17, 15) is 19.5 Å². The van der Waals surface area contributed by atoms with Crippen LogP contribution in [0, 0.1) is 5.41 Å². The maximum Gasteiger partial charge on any atom is 0.407 e. The highest BCUT2D eigenvalue weighted by atomic mass is 35.5. The fourth-order valence-electron chi connectivity index (χ4n) is 3.37. The molecular formula is C20H23ClN2O5. The Bertz CT molecular complexity index is 792. The predicted molar refractivity (Wildman–Crippen MR) is 105 cm³/mol. The molecule has 1 heterocycles. The molecule has 0 saturated carbocycles. The lowest BCUT2D eigenvalue weighted by Crippen LogP contribution is -2.48. The molecule has 1 aromatic rings. The van der Waals surface area contributed by atoms with Crippen LogP contribution in [-0.2, 0) is 4.79 Å². The van der Waals surface area contributed by atoms with Crippen LogP contribution in [0.2, 0.25) is 0 Å². The first-order valence-electron chi connectivity index (χ1n) is 8.66. The highest BCUT2D eigenvalue weighted by Crippen LogP contribution is 2.37. The van der Waals surface area contributed by atoms with Crippen molar-refractivity contribution in [2.24, 2.45) is 5.41 Å². The van der Waals surface area contributed by atoms with E-state index in [-0.39, 0.29) is 37.5 Å². The molecule has 1 aliphatic heterocycles. The minimum atomic E-state index is -1.24. The Morgan fingerprint density at radius 1 is 1.32 bits per heavy atom. The molecule has 150 valence electrons. The van der Waals surface area contributed by atoms with E-state index in [1.165, 1.54) is 13.2 Å². The summed E-state index contributed by atoms with van der Waals surface area (Å²) in [4.78, 5) is 40.3. The minimum absolute atomic E-state index is 0.0105.